The third-order valence-corrected chi connectivity index (χ3v) is 2.12. The van der Waals surface area contributed by atoms with Crippen LogP contribution in [0.15, 0.2) is 0 Å². The van der Waals surface area contributed by atoms with Crippen LogP contribution >= 0.6 is 0 Å². The fraction of sp³-hybridized carbons (Fsp3) is 0.875. The molecule has 1 aliphatic carbocycles. The van der Waals surface area contributed by atoms with E-state index in [1.165, 1.54) is 0 Å². The van der Waals surface area contributed by atoms with Gasteiger partial charge in [-0.25, -0.2) is 0 Å². The molecule has 1 saturated carbocycles. The lowest BCUT2D eigenvalue weighted by Crippen LogP contribution is -2.37. The third-order valence-electron chi connectivity index (χ3n) is 2.12. The zero-order valence-corrected chi connectivity index (χ0v) is 6.82. The van der Waals surface area contributed by atoms with Gasteiger partial charge in [0.05, 0.1) is 18.7 Å². The molecule has 0 aliphatic heterocycles. The van der Waals surface area contributed by atoms with Crippen LogP contribution in [-0.2, 0) is 0 Å². The number of aliphatic hydroxyl groups excluding tert-OH is 1. The van der Waals surface area contributed by atoms with Crippen LogP contribution in [0.2, 0.25) is 0 Å². The number of hydrogen-bond donors (Lipinski definition) is 1. The maximum Gasteiger partial charge on any atom is 0.0863 e. The van der Waals surface area contributed by atoms with E-state index in [1.54, 1.807) is 0 Å². The van der Waals surface area contributed by atoms with Crippen molar-refractivity contribution in [3.63, 3.8) is 0 Å². The van der Waals surface area contributed by atoms with Crippen molar-refractivity contribution in [2.75, 3.05) is 20.1 Å². The first kappa shape index (κ1) is 8.51. The molecule has 11 heavy (non-hydrogen) atoms. The molecule has 62 valence electrons. The Morgan fingerprint density at radius 1 is 1.64 bits per heavy atom. The van der Waals surface area contributed by atoms with Crippen LogP contribution < -0.4 is 0 Å². The molecule has 0 unspecified atom stereocenters. The predicted molar refractivity (Wildman–Crippen MR) is 41.8 cm³/mol. The molecular weight excluding hydrogens is 140 g/mol. The number of rotatable bonds is 3. The van der Waals surface area contributed by atoms with E-state index in [1.807, 2.05) is 11.9 Å². The van der Waals surface area contributed by atoms with Gasteiger partial charge in [-0.3, -0.25) is 4.90 Å². The van der Waals surface area contributed by atoms with E-state index in [4.69, 9.17) is 10.4 Å². The Morgan fingerprint density at radius 3 is 2.73 bits per heavy atom. The highest BCUT2D eigenvalue weighted by molar-refractivity contribution is 4.83. The second-order valence-corrected chi connectivity index (χ2v) is 3.35. The minimum Gasteiger partial charge on any atom is -0.393 e. The summed E-state index contributed by atoms with van der Waals surface area (Å²) in [6, 6.07) is 2.10. The zero-order chi connectivity index (χ0) is 8.27. The van der Waals surface area contributed by atoms with Gasteiger partial charge in [0, 0.05) is 6.54 Å². The molecular formula is C8H14N2O. The van der Waals surface area contributed by atoms with Gasteiger partial charge in [-0.1, -0.05) is 0 Å². The Balaban J connectivity index is 2.08. The second-order valence-electron chi connectivity index (χ2n) is 3.35. The van der Waals surface area contributed by atoms with Crippen molar-refractivity contribution < 1.29 is 5.11 Å². The molecule has 0 aromatic rings. The fourth-order valence-corrected chi connectivity index (χ4v) is 1.48. The topological polar surface area (TPSA) is 47.3 Å². The van der Waals surface area contributed by atoms with Gasteiger partial charge in [-0.2, -0.15) is 5.26 Å². The van der Waals surface area contributed by atoms with E-state index in [0.29, 0.717) is 12.5 Å². The van der Waals surface area contributed by atoms with E-state index in [9.17, 15) is 0 Å². The van der Waals surface area contributed by atoms with Crippen molar-refractivity contribution in [2.45, 2.75) is 18.9 Å². The van der Waals surface area contributed by atoms with Crippen LogP contribution in [0.25, 0.3) is 0 Å². The van der Waals surface area contributed by atoms with Crippen molar-refractivity contribution in [1.29, 1.82) is 5.26 Å². The van der Waals surface area contributed by atoms with Crippen LogP contribution in [0.4, 0.5) is 0 Å². The SMILES string of the molecule is CN(CC#N)CC1CC(O)C1. The van der Waals surface area contributed by atoms with E-state index >= 15 is 0 Å². The molecule has 0 spiro atoms. The van der Waals surface area contributed by atoms with Crippen LogP contribution in [0.3, 0.4) is 0 Å². The molecule has 1 fully saturated rings. The van der Waals surface area contributed by atoms with Gasteiger partial charge in [0.1, 0.15) is 0 Å². The van der Waals surface area contributed by atoms with E-state index in [0.717, 1.165) is 19.4 Å². The molecule has 0 amide bonds. The Labute approximate surface area is 67.2 Å². The Bertz CT molecular complexity index is 158. The van der Waals surface area contributed by atoms with E-state index in [2.05, 4.69) is 6.07 Å². The summed E-state index contributed by atoms with van der Waals surface area (Å²) in [5.41, 5.74) is 0. The molecule has 0 radical (unpaired) electrons. The van der Waals surface area contributed by atoms with Gasteiger partial charge in [0.2, 0.25) is 0 Å². The number of hydrogen-bond acceptors (Lipinski definition) is 3. The van der Waals surface area contributed by atoms with Gasteiger partial charge >= 0.3 is 0 Å². The summed E-state index contributed by atoms with van der Waals surface area (Å²) in [4.78, 5) is 2.00. The largest absolute Gasteiger partial charge is 0.393 e. The van der Waals surface area contributed by atoms with Crippen molar-refractivity contribution in [3.8, 4) is 6.07 Å². The molecule has 0 atom stereocenters. The maximum absolute atomic E-state index is 8.98. The zero-order valence-electron chi connectivity index (χ0n) is 6.82. The predicted octanol–water partition coefficient (Wildman–Crippen LogP) is 0.213. The first-order chi connectivity index (χ1) is 5.22. The summed E-state index contributed by atoms with van der Waals surface area (Å²) >= 11 is 0. The van der Waals surface area contributed by atoms with Gasteiger partial charge in [0.15, 0.2) is 0 Å². The van der Waals surface area contributed by atoms with E-state index in [-0.39, 0.29) is 6.10 Å². The summed E-state index contributed by atoms with van der Waals surface area (Å²) in [6.07, 6.45) is 1.75. The quantitative estimate of drug-likeness (QED) is 0.591. The smallest absolute Gasteiger partial charge is 0.0863 e. The first-order valence-corrected chi connectivity index (χ1v) is 3.96. The summed E-state index contributed by atoms with van der Waals surface area (Å²) in [7, 11) is 1.94. The second kappa shape index (κ2) is 3.70. The monoisotopic (exact) mass is 154 g/mol. The highest BCUT2D eigenvalue weighted by atomic mass is 16.3. The molecule has 3 nitrogen and oxygen atoms in total. The molecule has 0 saturated heterocycles. The number of nitrogens with zero attached hydrogens (tertiary/aromatic N) is 2. The highest BCUT2D eigenvalue weighted by Crippen LogP contribution is 2.27. The molecule has 0 bridgehead atoms. The van der Waals surface area contributed by atoms with Crippen molar-refractivity contribution >= 4 is 0 Å². The molecule has 0 heterocycles. The average Bonchev–Trinajstić information content (AvgIpc) is 1.85. The Morgan fingerprint density at radius 2 is 2.27 bits per heavy atom. The summed E-state index contributed by atoms with van der Waals surface area (Å²) in [5.74, 6) is 0.614. The third kappa shape index (κ3) is 2.49. The lowest BCUT2D eigenvalue weighted by Gasteiger charge is -2.33. The molecule has 0 aromatic carbocycles. The lowest BCUT2D eigenvalue weighted by atomic mass is 9.82. The lowest BCUT2D eigenvalue weighted by molar-refractivity contribution is 0.0300. The Hall–Kier alpha value is -0.590. The molecule has 1 rings (SSSR count). The van der Waals surface area contributed by atoms with Crippen LogP contribution in [-0.4, -0.2) is 36.2 Å². The molecule has 0 aromatic heterocycles. The molecule has 3 heteroatoms. The van der Waals surface area contributed by atoms with Crippen LogP contribution in [0.5, 0.6) is 0 Å². The van der Waals surface area contributed by atoms with Crippen molar-refractivity contribution in [3.05, 3.63) is 0 Å². The minimum atomic E-state index is -0.0736. The van der Waals surface area contributed by atoms with Gasteiger partial charge < -0.3 is 5.11 Å². The number of nitriles is 1. The standard InChI is InChI=1S/C8H14N2O/c1-10(3-2-9)6-7-4-8(11)5-7/h7-8,11H,3-6H2,1H3. The van der Waals surface area contributed by atoms with Crippen LogP contribution in [0, 0.1) is 17.2 Å². The van der Waals surface area contributed by atoms with Gasteiger partial charge in [-0.05, 0) is 25.8 Å². The molecule has 1 N–H and O–H groups in total. The Kier molecular flexibility index (Phi) is 2.86. The minimum absolute atomic E-state index is 0.0736. The van der Waals surface area contributed by atoms with Crippen LogP contribution in [0.1, 0.15) is 12.8 Å². The summed E-state index contributed by atoms with van der Waals surface area (Å²) < 4.78 is 0. The summed E-state index contributed by atoms with van der Waals surface area (Å²) in [5, 5.41) is 17.3. The first-order valence-electron chi connectivity index (χ1n) is 3.96. The maximum atomic E-state index is 8.98. The molecule has 1 aliphatic rings. The van der Waals surface area contributed by atoms with Gasteiger partial charge in [-0.15, -0.1) is 0 Å². The summed E-state index contributed by atoms with van der Waals surface area (Å²) in [6.45, 7) is 1.44. The van der Waals surface area contributed by atoms with E-state index < -0.39 is 0 Å². The normalized spacial score (nSPS) is 29.6. The highest BCUT2D eigenvalue weighted by Gasteiger charge is 2.27. The van der Waals surface area contributed by atoms with Gasteiger partial charge in [0.25, 0.3) is 0 Å². The number of aliphatic hydroxyl groups is 1. The fourth-order valence-electron chi connectivity index (χ4n) is 1.48. The average molecular weight is 154 g/mol. The van der Waals surface area contributed by atoms with Crippen molar-refractivity contribution in [1.82, 2.24) is 4.90 Å². The van der Waals surface area contributed by atoms with Crippen molar-refractivity contribution in [2.24, 2.45) is 5.92 Å².